The second-order valence-electron chi connectivity index (χ2n) is 5.24. The lowest BCUT2D eigenvalue weighted by Gasteiger charge is -2.42. The Morgan fingerprint density at radius 1 is 1.38 bits per heavy atom. The van der Waals surface area contributed by atoms with Gasteiger partial charge in [0.05, 0.1) is 12.7 Å². The van der Waals surface area contributed by atoms with E-state index in [-0.39, 0.29) is 0 Å². The van der Waals surface area contributed by atoms with Crippen molar-refractivity contribution in [3.8, 4) is 0 Å². The first-order valence-electron chi connectivity index (χ1n) is 6.59. The Kier molecular flexibility index (Phi) is 5.73. The Balaban J connectivity index is 2.33. The lowest BCUT2D eigenvalue weighted by molar-refractivity contribution is 0.0246. The highest BCUT2D eigenvalue weighted by molar-refractivity contribution is 4.87. The van der Waals surface area contributed by atoms with Gasteiger partial charge in [-0.1, -0.05) is 6.92 Å². The number of hydrogen-bond donors (Lipinski definition) is 1. The Labute approximate surface area is 101 Å². The van der Waals surface area contributed by atoms with E-state index in [2.05, 4.69) is 45.0 Å². The first-order valence-corrected chi connectivity index (χ1v) is 6.59. The van der Waals surface area contributed by atoms with E-state index in [1.807, 2.05) is 0 Å². The zero-order valence-electron chi connectivity index (χ0n) is 11.5. The monoisotopic (exact) mass is 228 g/mol. The van der Waals surface area contributed by atoms with Gasteiger partial charge < -0.3 is 10.1 Å². The zero-order valence-corrected chi connectivity index (χ0v) is 11.5. The quantitative estimate of drug-likeness (QED) is 0.775. The number of nitrogens with one attached hydrogen (secondary N) is 1. The van der Waals surface area contributed by atoms with Crippen LogP contribution >= 0.6 is 0 Å². The molecule has 0 radical (unpaired) electrons. The molecule has 1 aliphatic heterocycles. The van der Waals surface area contributed by atoms with Gasteiger partial charge in [0, 0.05) is 25.2 Å². The molecule has 1 fully saturated rings. The average Bonchev–Trinajstić information content (AvgIpc) is 2.24. The van der Waals surface area contributed by atoms with Crippen molar-refractivity contribution in [3.05, 3.63) is 0 Å². The Bertz CT molecular complexity index is 196. The second kappa shape index (κ2) is 6.58. The van der Waals surface area contributed by atoms with Crippen LogP contribution in [-0.2, 0) is 4.74 Å². The molecule has 1 rings (SSSR count). The minimum atomic E-state index is 0.350. The number of rotatable bonds is 5. The van der Waals surface area contributed by atoms with Crippen molar-refractivity contribution in [2.75, 3.05) is 26.7 Å². The lowest BCUT2D eigenvalue weighted by atomic mass is 9.87. The molecule has 0 aromatic carbocycles. The number of nitrogens with zero attached hydrogens (tertiary/aromatic N) is 1. The van der Waals surface area contributed by atoms with E-state index in [0.29, 0.717) is 18.2 Å². The lowest BCUT2D eigenvalue weighted by Crippen LogP contribution is -2.53. The summed E-state index contributed by atoms with van der Waals surface area (Å²) in [5.74, 6) is 0.720. The van der Waals surface area contributed by atoms with E-state index >= 15 is 0 Å². The fraction of sp³-hybridized carbons (Fsp3) is 1.00. The molecular formula is C13H28N2O. The predicted molar refractivity (Wildman–Crippen MR) is 68.8 cm³/mol. The van der Waals surface area contributed by atoms with E-state index in [1.165, 1.54) is 13.0 Å². The molecule has 96 valence electrons. The van der Waals surface area contributed by atoms with Crippen LogP contribution in [-0.4, -0.2) is 49.8 Å². The van der Waals surface area contributed by atoms with E-state index in [0.717, 1.165) is 19.1 Å². The third kappa shape index (κ3) is 3.72. The fourth-order valence-electron chi connectivity index (χ4n) is 2.57. The molecule has 3 unspecified atom stereocenters. The van der Waals surface area contributed by atoms with Crippen LogP contribution in [0.15, 0.2) is 0 Å². The van der Waals surface area contributed by atoms with Crippen LogP contribution in [0.1, 0.15) is 34.1 Å². The highest BCUT2D eigenvalue weighted by Crippen LogP contribution is 2.22. The Hall–Kier alpha value is -0.120. The van der Waals surface area contributed by atoms with Crippen molar-refractivity contribution < 1.29 is 4.74 Å². The van der Waals surface area contributed by atoms with Gasteiger partial charge >= 0.3 is 0 Å². The maximum atomic E-state index is 5.62. The van der Waals surface area contributed by atoms with Gasteiger partial charge in [0.1, 0.15) is 0 Å². The highest BCUT2D eigenvalue weighted by atomic mass is 16.5. The van der Waals surface area contributed by atoms with E-state index in [1.54, 1.807) is 0 Å². The van der Waals surface area contributed by atoms with Gasteiger partial charge in [0.15, 0.2) is 0 Å². The van der Waals surface area contributed by atoms with Crippen molar-refractivity contribution in [2.24, 2.45) is 5.92 Å². The highest BCUT2D eigenvalue weighted by Gasteiger charge is 2.30. The summed E-state index contributed by atoms with van der Waals surface area (Å²) < 4.78 is 5.62. The van der Waals surface area contributed by atoms with Gasteiger partial charge in [-0.25, -0.2) is 0 Å². The number of ether oxygens (including phenoxy) is 1. The average molecular weight is 228 g/mol. The molecule has 16 heavy (non-hydrogen) atoms. The van der Waals surface area contributed by atoms with Crippen LogP contribution in [0.3, 0.4) is 0 Å². The van der Waals surface area contributed by atoms with Crippen LogP contribution in [0.2, 0.25) is 0 Å². The largest absolute Gasteiger partial charge is 0.377 e. The molecule has 0 saturated carbocycles. The molecule has 3 nitrogen and oxygen atoms in total. The van der Waals surface area contributed by atoms with Crippen molar-refractivity contribution in [1.82, 2.24) is 10.2 Å². The van der Waals surface area contributed by atoms with E-state index in [9.17, 15) is 0 Å². The van der Waals surface area contributed by atoms with E-state index in [4.69, 9.17) is 4.74 Å². The third-order valence-electron chi connectivity index (χ3n) is 3.90. The molecule has 1 aliphatic rings. The topological polar surface area (TPSA) is 24.5 Å². The van der Waals surface area contributed by atoms with Crippen LogP contribution in [0.4, 0.5) is 0 Å². The smallest absolute Gasteiger partial charge is 0.0597 e. The minimum Gasteiger partial charge on any atom is -0.377 e. The maximum absolute atomic E-state index is 5.62. The molecule has 0 aliphatic carbocycles. The standard InChI is InChI=1S/C13H28N2O/c1-10(2)16-9-8-15-7-6-13(14-5)11(3)12(15)4/h10-14H,6-9H2,1-5H3. The molecule has 0 spiro atoms. The summed E-state index contributed by atoms with van der Waals surface area (Å²) in [6.45, 7) is 12.0. The van der Waals surface area contributed by atoms with Gasteiger partial charge in [-0.2, -0.15) is 0 Å². The molecule has 3 heteroatoms. The second-order valence-corrected chi connectivity index (χ2v) is 5.24. The van der Waals surface area contributed by atoms with Crippen LogP contribution < -0.4 is 5.32 Å². The molecule has 1 saturated heterocycles. The molecular weight excluding hydrogens is 200 g/mol. The third-order valence-corrected chi connectivity index (χ3v) is 3.90. The molecule has 0 aromatic rings. The van der Waals surface area contributed by atoms with Gasteiger partial charge in [0.2, 0.25) is 0 Å². The summed E-state index contributed by atoms with van der Waals surface area (Å²) in [4.78, 5) is 2.56. The van der Waals surface area contributed by atoms with Crippen molar-refractivity contribution in [2.45, 2.75) is 52.3 Å². The maximum Gasteiger partial charge on any atom is 0.0597 e. The van der Waals surface area contributed by atoms with E-state index < -0.39 is 0 Å². The summed E-state index contributed by atoms with van der Waals surface area (Å²) >= 11 is 0. The number of likely N-dealkylation sites (tertiary alicyclic amines) is 1. The van der Waals surface area contributed by atoms with Crippen LogP contribution in [0.5, 0.6) is 0 Å². The Morgan fingerprint density at radius 3 is 2.62 bits per heavy atom. The molecule has 1 N–H and O–H groups in total. The van der Waals surface area contributed by atoms with Gasteiger partial charge in [-0.3, -0.25) is 4.90 Å². The number of piperidine rings is 1. The summed E-state index contributed by atoms with van der Waals surface area (Å²) in [5.41, 5.74) is 0. The molecule has 0 bridgehead atoms. The Morgan fingerprint density at radius 2 is 2.06 bits per heavy atom. The van der Waals surface area contributed by atoms with Gasteiger partial charge in [0.25, 0.3) is 0 Å². The molecule has 0 amide bonds. The summed E-state index contributed by atoms with van der Waals surface area (Å²) in [5, 5.41) is 3.42. The first-order chi connectivity index (χ1) is 7.56. The van der Waals surface area contributed by atoms with Crippen LogP contribution in [0.25, 0.3) is 0 Å². The SMILES string of the molecule is CNC1CCN(CCOC(C)C)C(C)C1C. The zero-order chi connectivity index (χ0) is 12.1. The summed E-state index contributed by atoms with van der Waals surface area (Å²) in [6, 6.07) is 1.33. The molecule has 1 heterocycles. The number of hydrogen-bond acceptors (Lipinski definition) is 3. The van der Waals surface area contributed by atoms with Gasteiger partial charge in [-0.15, -0.1) is 0 Å². The summed E-state index contributed by atoms with van der Waals surface area (Å²) in [6.07, 6.45) is 1.60. The van der Waals surface area contributed by atoms with Crippen molar-refractivity contribution in [1.29, 1.82) is 0 Å². The summed E-state index contributed by atoms with van der Waals surface area (Å²) in [7, 11) is 2.07. The van der Waals surface area contributed by atoms with Crippen molar-refractivity contribution >= 4 is 0 Å². The van der Waals surface area contributed by atoms with Gasteiger partial charge in [-0.05, 0) is 40.2 Å². The first kappa shape index (κ1) is 13.9. The predicted octanol–water partition coefficient (Wildman–Crippen LogP) is 1.73. The van der Waals surface area contributed by atoms with Crippen molar-refractivity contribution in [3.63, 3.8) is 0 Å². The fourth-order valence-corrected chi connectivity index (χ4v) is 2.57. The minimum absolute atomic E-state index is 0.350. The molecule has 3 atom stereocenters. The van der Waals surface area contributed by atoms with Crippen LogP contribution in [0, 0.1) is 5.92 Å². The normalized spacial score (nSPS) is 32.2. The molecule has 0 aromatic heterocycles.